The van der Waals surface area contributed by atoms with Crippen molar-refractivity contribution in [2.45, 2.75) is 84.5 Å². The summed E-state index contributed by atoms with van der Waals surface area (Å²) < 4.78 is 5.87. The number of carbonyl (C=O) groups excluding carboxylic acids is 1. The van der Waals surface area contributed by atoms with Gasteiger partial charge >= 0.3 is 0 Å². The van der Waals surface area contributed by atoms with Crippen LogP contribution in [0.4, 0.5) is 5.69 Å². The molecular formula is C30H41NO4. The summed E-state index contributed by atoms with van der Waals surface area (Å²) in [6, 6.07) is 12.9. The number of benzene rings is 2. The molecule has 0 saturated heterocycles. The molecule has 2 fully saturated rings. The highest BCUT2D eigenvalue weighted by atomic mass is 16.5. The highest BCUT2D eigenvalue weighted by Crippen LogP contribution is 2.36. The maximum absolute atomic E-state index is 12.8. The summed E-state index contributed by atoms with van der Waals surface area (Å²) in [4.78, 5) is 21.2. The predicted octanol–water partition coefficient (Wildman–Crippen LogP) is 7.40. The van der Waals surface area contributed by atoms with E-state index in [0.717, 1.165) is 36.6 Å². The molecule has 2 aromatic carbocycles. The minimum absolute atomic E-state index is 0.176. The van der Waals surface area contributed by atoms with E-state index in [4.69, 9.17) is 14.6 Å². The molecule has 2 N–H and O–H groups in total. The Morgan fingerprint density at radius 2 is 1.71 bits per heavy atom. The first-order chi connectivity index (χ1) is 17.1. The topological polar surface area (TPSA) is 75.6 Å². The summed E-state index contributed by atoms with van der Waals surface area (Å²) in [5.41, 5.74) is 6.00. The lowest BCUT2D eigenvalue weighted by Gasteiger charge is -2.22. The molecule has 0 aromatic heterocycles. The fourth-order valence-corrected chi connectivity index (χ4v) is 5.63. The highest BCUT2D eigenvalue weighted by Gasteiger charge is 2.22. The zero-order valence-corrected chi connectivity index (χ0v) is 21.4. The van der Waals surface area contributed by atoms with Crippen molar-refractivity contribution in [1.82, 2.24) is 0 Å². The fraction of sp³-hybridized carbons (Fsp3) is 0.533. The van der Waals surface area contributed by atoms with Crippen molar-refractivity contribution >= 4 is 18.1 Å². The Kier molecular flexibility index (Phi) is 10.6. The third-order valence-electron chi connectivity index (χ3n) is 7.52. The van der Waals surface area contributed by atoms with Gasteiger partial charge in [-0.25, -0.2) is 0 Å². The Morgan fingerprint density at radius 1 is 1.03 bits per heavy atom. The monoisotopic (exact) mass is 479 g/mol. The van der Waals surface area contributed by atoms with Gasteiger partial charge < -0.3 is 15.2 Å². The van der Waals surface area contributed by atoms with Gasteiger partial charge in [0.25, 0.3) is 6.47 Å². The zero-order valence-electron chi connectivity index (χ0n) is 21.4. The zero-order chi connectivity index (χ0) is 25.0. The molecule has 0 heterocycles. The smallest absolute Gasteiger partial charge is 0.290 e. The van der Waals surface area contributed by atoms with Crippen molar-refractivity contribution in [3.63, 3.8) is 0 Å². The van der Waals surface area contributed by atoms with Crippen LogP contribution in [-0.4, -0.2) is 24.1 Å². The molecule has 2 aliphatic carbocycles. The van der Waals surface area contributed by atoms with Crippen LogP contribution in [0.25, 0.3) is 11.1 Å². The molecule has 35 heavy (non-hydrogen) atoms. The van der Waals surface area contributed by atoms with E-state index < -0.39 is 0 Å². The number of amides is 1. The number of rotatable bonds is 8. The lowest BCUT2D eigenvalue weighted by molar-refractivity contribution is -0.123. The Balaban J connectivity index is 0.00000108. The number of ether oxygens (including phenoxy) is 1. The average molecular weight is 480 g/mol. The molecule has 1 amide bonds. The first kappa shape index (κ1) is 26.8. The second-order valence-electron chi connectivity index (χ2n) is 9.85. The predicted molar refractivity (Wildman–Crippen MR) is 142 cm³/mol. The van der Waals surface area contributed by atoms with Gasteiger partial charge in [-0.1, -0.05) is 63.1 Å². The average Bonchev–Trinajstić information content (AvgIpc) is 3.39. The van der Waals surface area contributed by atoms with Crippen molar-refractivity contribution in [2.24, 2.45) is 11.8 Å². The molecule has 0 unspecified atom stereocenters. The Bertz CT molecular complexity index is 959. The summed E-state index contributed by atoms with van der Waals surface area (Å²) in [6.07, 6.45) is 13.5. The summed E-state index contributed by atoms with van der Waals surface area (Å²) >= 11 is 0. The lowest BCUT2D eigenvalue weighted by Crippen LogP contribution is -2.24. The van der Waals surface area contributed by atoms with Gasteiger partial charge in [0.2, 0.25) is 5.91 Å². The quantitative estimate of drug-likeness (QED) is 0.387. The summed E-state index contributed by atoms with van der Waals surface area (Å²) in [5.74, 6) is 2.19. The van der Waals surface area contributed by atoms with Crippen LogP contribution < -0.4 is 10.1 Å². The van der Waals surface area contributed by atoms with Crippen LogP contribution in [0.3, 0.4) is 0 Å². The molecule has 0 atom stereocenters. The lowest BCUT2D eigenvalue weighted by atomic mass is 9.88. The molecule has 2 saturated carbocycles. The van der Waals surface area contributed by atoms with Crippen LogP contribution in [0.15, 0.2) is 36.4 Å². The maximum Gasteiger partial charge on any atom is 0.290 e. The van der Waals surface area contributed by atoms with Crippen LogP contribution in [0.2, 0.25) is 0 Å². The first-order valence-corrected chi connectivity index (χ1v) is 13.3. The van der Waals surface area contributed by atoms with E-state index in [2.05, 4.69) is 48.6 Å². The molecule has 2 aromatic rings. The number of nitrogens with one attached hydrogen (secondary N) is 1. The fourth-order valence-electron chi connectivity index (χ4n) is 5.63. The second kappa shape index (κ2) is 13.9. The number of carbonyl (C=O) groups is 2. The van der Waals surface area contributed by atoms with E-state index in [9.17, 15) is 4.79 Å². The van der Waals surface area contributed by atoms with Gasteiger partial charge in [0.15, 0.2) is 0 Å². The van der Waals surface area contributed by atoms with Crippen molar-refractivity contribution < 1.29 is 19.4 Å². The largest absolute Gasteiger partial charge is 0.494 e. The molecule has 0 spiro atoms. The van der Waals surface area contributed by atoms with Crippen molar-refractivity contribution in [3.05, 3.63) is 47.5 Å². The van der Waals surface area contributed by atoms with Crippen molar-refractivity contribution in [3.8, 4) is 16.9 Å². The van der Waals surface area contributed by atoms with Crippen molar-refractivity contribution in [1.29, 1.82) is 0 Å². The van der Waals surface area contributed by atoms with Crippen LogP contribution in [0.5, 0.6) is 5.75 Å². The number of hydrogen-bond donors (Lipinski definition) is 2. The van der Waals surface area contributed by atoms with E-state index >= 15 is 0 Å². The van der Waals surface area contributed by atoms with E-state index in [-0.39, 0.29) is 18.3 Å². The molecule has 2 aliphatic rings. The van der Waals surface area contributed by atoms with Gasteiger partial charge in [-0.3, -0.25) is 9.59 Å². The molecule has 0 aliphatic heterocycles. The van der Waals surface area contributed by atoms with Gasteiger partial charge in [0.05, 0.1) is 6.61 Å². The minimum atomic E-state index is -0.250. The van der Waals surface area contributed by atoms with Crippen LogP contribution >= 0.6 is 0 Å². The summed E-state index contributed by atoms with van der Waals surface area (Å²) in [5, 5.41) is 10.1. The molecule has 0 bridgehead atoms. The minimum Gasteiger partial charge on any atom is -0.494 e. The summed E-state index contributed by atoms with van der Waals surface area (Å²) in [6.45, 7) is 4.60. The second-order valence-corrected chi connectivity index (χ2v) is 9.85. The van der Waals surface area contributed by atoms with Crippen LogP contribution in [0.1, 0.15) is 82.3 Å². The van der Waals surface area contributed by atoms with Crippen LogP contribution in [-0.2, 0) is 16.0 Å². The van der Waals surface area contributed by atoms with Gasteiger partial charge in [-0.2, -0.15) is 0 Å². The molecule has 5 nitrogen and oxygen atoms in total. The van der Waals surface area contributed by atoms with Crippen LogP contribution in [0, 0.1) is 18.8 Å². The maximum atomic E-state index is 12.8. The van der Waals surface area contributed by atoms with Gasteiger partial charge in [-0.15, -0.1) is 0 Å². The highest BCUT2D eigenvalue weighted by molar-refractivity contribution is 5.93. The molecular weight excluding hydrogens is 438 g/mol. The normalized spacial score (nSPS) is 16.3. The summed E-state index contributed by atoms with van der Waals surface area (Å²) in [7, 11) is 0. The third-order valence-corrected chi connectivity index (χ3v) is 7.52. The standard InChI is InChI=1S/C29H39NO2.CH2O2/c1-3-32-28-15-9-14-26(21(28)2)27-19-18-25(30-29(31)23-12-5-4-6-13-23)20-24(27)17-16-22-10-7-8-11-22;2-1-3/h9,14-15,18-20,22-23H,3-8,10-13,16-17H2,1-2H3,(H,30,31);1H,(H,2,3). The Morgan fingerprint density at radius 3 is 2.40 bits per heavy atom. The Labute approximate surface area is 210 Å². The van der Waals surface area contributed by atoms with Crippen molar-refractivity contribution in [2.75, 3.05) is 11.9 Å². The number of anilines is 1. The molecule has 4 rings (SSSR count). The van der Waals surface area contributed by atoms with Gasteiger partial charge in [0.1, 0.15) is 5.75 Å². The molecule has 0 radical (unpaired) electrons. The van der Waals surface area contributed by atoms with Gasteiger partial charge in [-0.05, 0) is 85.9 Å². The number of hydrogen-bond acceptors (Lipinski definition) is 3. The number of carboxylic acid groups (broad SMARTS) is 1. The van der Waals surface area contributed by atoms with E-state index in [1.807, 2.05) is 6.92 Å². The van der Waals surface area contributed by atoms with E-state index in [1.165, 1.54) is 73.6 Å². The first-order valence-electron chi connectivity index (χ1n) is 13.3. The van der Waals surface area contributed by atoms with Gasteiger partial charge in [0, 0.05) is 11.6 Å². The molecule has 190 valence electrons. The molecule has 5 heteroatoms. The third kappa shape index (κ3) is 7.58. The SMILES string of the molecule is CCOc1cccc(-c2ccc(NC(=O)C3CCCCC3)cc2CCC2CCCC2)c1C.O=CO. The van der Waals surface area contributed by atoms with E-state index in [1.54, 1.807) is 0 Å². The number of aryl methyl sites for hydroxylation is 1. The van der Waals surface area contributed by atoms with E-state index in [0.29, 0.717) is 6.61 Å². The Hall–Kier alpha value is -2.82.